The molecular weight excluding hydrogens is 176 g/mol. The first-order valence-electron chi connectivity index (χ1n) is 5.85. The Balaban J connectivity index is 1.77. The van der Waals surface area contributed by atoms with Crippen LogP contribution in [0.15, 0.2) is 0 Å². The molecule has 0 aromatic heterocycles. The fraction of sp³-hybridized carbons (Fsp3) is 1.00. The molecule has 0 bridgehead atoms. The van der Waals surface area contributed by atoms with Crippen LogP contribution >= 0.6 is 0 Å². The monoisotopic (exact) mass is 198 g/mol. The first-order valence-corrected chi connectivity index (χ1v) is 5.85. The van der Waals surface area contributed by atoms with E-state index in [1.54, 1.807) is 0 Å². The van der Waals surface area contributed by atoms with E-state index in [0.717, 1.165) is 31.6 Å². The number of likely N-dealkylation sites (tertiary alicyclic amines) is 1. The van der Waals surface area contributed by atoms with Crippen LogP contribution in [0.2, 0.25) is 0 Å². The lowest BCUT2D eigenvalue weighted by atomic mass is 10.0. The molecule has 2 N–H and O–H groups in total. The van der Waals surface area contributed by atoms with Crippen molar-refractivity contribution in [3.63, 3.8) is 0 Å². The molecule has 0 aliphatic carbocycles. The predicted octanol–water partition coefficient (Wildman–Crippen LogP) is 0.692. The first kappa shape index (κ1) is 10.4. The molecule has 2 aliphatic rings. The second-order valence-electron chi connectivity index (χ2n) is 4.78. The number of hydrogen-bond donors (Lipinski definition) is 1. The fourth-order valence-corrected chi connectivity index (χ4v) is 2.66. The van der Waals surface area contributed by atoms with Gasteiger partial charge in [-0.25, -0.2) is 0 Å². The Kier molecular flexibility index (Phi) is 3.42. The van der Waals surface area contributed by atoms with Gasteiger partial charge in [-0.3, -0.25) is 0 Å². The molecule has 2 heterocycles. The Morgan fingerprint density at radius 1 is 1.43 bits per heavy atom. The van der Waals surface area contributed by atoms with Crippen LogP contribution in [0.1, 0.15) is 19.8 Å². The van der Waals surface area contributed by atoms with Crippen LogP contribution in [0.4, 0.5) is 0 Å². The first-order chi connectivity index (χ1) is 6.79. The molecule has 0 aromatic rings. The minimum Gasteiger partial charge on any atom is -0.381 e. The molecule has 0 aromatic carbocycles. The summed E-state index contributed by atoms with van der Waals surface area (Å²) in [6, 6.07) is 0.405. The van der Waals surface area contributed by atoms with E-state index in [4.69, 9.17) is 10.5 Å². The Hall–Kier alpha value is -0.120. The van der Waals surface area contributed by atoms with E-state index in [9.17, 15) is 0 Å². The average molecular weight is 198 g/mol. The minimum atomic E-state index is 0.405. The standard InChI is InChI=1S/C11H22N2O/c1-2-10-6-13(7-11(10)12)5-9-3-4-14-8-9/h9-11H,2-8,12H2,1H3. The van der Waals surface area contributed by atoms with Gasteiger partial charge in [0.05, 0.1) is 6.61 Å². The van der Waals surface area contributed by atoms with Gasteiger partial charge in [0, 0.05) is 32.3 Å². The van der Waals surface area contributed by atoms with Gasteiger partial charge < -0.3 is 15.4 Å². The second-order valence-corrected chi connectivity index (χ2v) is 4.78. The molecule has 3 heteroatoms. The molecule has 3 nitrogen and oxygen atoms in total. The zero-order valence-electron chi connectivity index (χ0n) is 9.11. The van der Waals surface area contributed by atoms with Gasteiger partial charge in [0.1, 0.15) is 0 Å². The topological polar surface area (TPSA) is 38.5 Å². The molecule has 0 radical (unpaired) electrons. The zero-order chi connectivity index (χ0) is 9.97. The van der Waals surface area contributed by atoms with Gasteiger partial charge in [-0.1, -0.05) is 13.3 Å². The van der Waals surface area contributed by atoms with Crippen LogP contribution in [0, 0.1) is 11.8 Å². The molecule has 0 amide bonds. The van der Waals surface area contributed by atoms with Crippen molar-refractivity contribution in [1.82, 2.24) is 4.90 Å². The van der Waals surface area contributed by atoms with Crippen molar-refractivity contribution in [2.75, 3.05) is 32.8 Å². The van der Waals surface area contributed by atoms with E-state index in [1.807, 2.05) is 0 Å². The van der Waals surface area contributed by atoms with Crippen molar-refractivity contribution in [2.24, 2.45) is 17.6 Å². The lowest BCUT2D eigenvalue weighted by Crippen LogP contribution is -2.31. The fourth-order valence-electron chi connectivity index (χ4n) is 2.66. The van der Waals surface area contributed by atoms with Crippen molar-refractivity contribution < 1.29 is 4.74 Å². The molecule has 82 valence electrons. The number of nitrogens with two attached hydrogens (primary N) is 1. The summed E-state index contributed by atoms with van der Waals surface area (Å²) in [7, 11) is 0. The summed E-state index contributed by atoms with van der Waals surface area (Å²) in [6.07, 6.45) is 2.46. The van der Waals surface area contributed by atoms with Crippen molar-refractivity contribution in [1.29, 1.82) is 0 Å². The normalized spacial score (nSPS) is 39.4. The van der Waals surface area contributed by atoms with Crippen molar-refractivity contribution in [3.05, 3.63) is 0 Å². The van der Waals surface area contributed by atoms with Gasteiger partial charge in [0.25, 0.3) is 0 Å². The van der Waals surface area contributed by atoms with E-state index in [2.05, 4.69) is 11.8 Å². The van der Waals surface area contributed by atoms with Gasteiger partial charge in [0.15, 0.2) is 0 Å². The highest BCUT2D eigenvalue weighted by Gasteiger charge is 2.30. The summed E-state index contributed by atoms with van der Waals surface area (Å²) in [4.78, 5) is 2.53. The largest absolute Gasteiger partial charge is 0.381 e. The van der Waals surface area contributed by atoms with Gasteiger partial charge in [-0.2, -0.15) is 0 Å². The smallest absolute Gasteiger partial charge is 0.0507 e. The molecule has 14 heavy (non-hydrogen) atoms. The van der Waals surface area contributed by atoms with Crippen LogP contribution in [0.25, 0.3) is 0 Å². The lowest BCUT2D eigenvalue weighted by Gasteiger charge is -2.18. The van der Waals surface area contributed by atoms with E-state index < -0.39 is 0 Å². The van der Waals surface area contributed by atoms with Crippen molar-refractivity contribution in [3.8, 4) is 0 Å². The van der Waals surface area contributed by atoms with Gasteiger partial charge >= 0.3 is 0 Å². The summed E-state index contributed by atoms with van der Waals surface area (Å²) in [5.74, 6) is 1.48. The van der Waals surface area contributed by atoms with Gasteiger partial charge in [-0.05, 0) is 18.3 Å². The van der Waals surface area contributed by atoms with Gasteiger partial charge in [-0.15, -0.1) is 0 Å². The lowest BCUT2D eigenvalue weighted by molar-refractivity contribution is 0.172. The molecule has 0 saturated carbocycles. The Bertz CT molecular complexity index is 180. The highest BCUT2D eigenvalue weighted by molar-refractivity contribution is 4.87. The number of nitrogens with zero attached hydrogens (tertiary/aromatic N) is 1. The van der Waals surface area contributed by atoms with E-state index in [0.29, 0.717) is 6.04 Å². The average Bonchev–Trinajstić information content (AvgIpc) is 2.76. The maximum absolute atomic E-state index is 6.08. The Morgan fingerprint density at radius 3 is 2.86 bits per heavy atom. The molecule has 2 aliphatic heterocycles. The Morgan fingerprint density at radius 2 is 2.29 bits per heavy atom. The molecular formula is C11H22N2O. The van der Waals surface area contributed by atoms with Crippen LogP contribution in [0.3, 0.4) is 0 Å². The molecule has 2 fully saturated rings. The van der Waals surface area contributed by atoms with E-state index in [1.165, 1.54) is 25.9 Å². The number of ether oxygens (including phenoxy) is 1. The zero-order valence-corrected chi connectivity index (χ0v) is 9.11. The third-order valence-electron chi connectivity index (χ3n) is 3.63. The van der Waals surface area contributed by atoms with E-state index in [-0.39, 0.29) is 0 Å². The summed E-state index contributed by atoms with van der Waals surface area (Å²) in [5, 5.41) is 0. The molecule has 3 atom stereocenters. The summed E-state index contributed by atoms with van der Waals surface area (Å²) >= 11 is 0. The minimum absolute atomic E-state index is 0.405. The number of hydrogen-bond acceptors (Lipinski definition) is 3. The van der Waals surface area contributed by atoms with Crippen LogP contribution in [0.5, 0.6) is 0 Å². The van der Waals surface area contributed by atoms with Crippen LogP contribution < -0.4 is 5.73 Å². The third kappa shape index (κ3) is 2.27. The second kappa shape index (κ2) is 4.60. The maximum atomic E-state index is 6.08. The summed E-state index contributed by atoms with van der Waals surface area (Å²) in [5.41, 5.74) is 6.08. The van der Waals surface area contributed by atoms with Crippen LogP contribution in [-0.4, -0.2) is 43.8 Å². The Labute approximate surface area is 86.6 Å². The highest BCUT2D eigenvalue weighted by Crippen LogP contribution is 2.21. The quantitative estimate of drug-likeness (QED) is 0.725. The van der Waals surface area contributed by atoms with Crippen molar-refractivity contribution in [2.45, 2.75) is 25.8 Å². The SMILES string of the molecule is CCC1CN(CC2CCOC2)CC1N. The molecule has 3 unspecified atom stereocenters. The molecule has 0 spiro atoms. The van der Waals surface area contributed by atoms with Crippen molar-refractivity contribution >= 4 is 0 Å². The van der Waals surface area contributed by atoms with Crippen LogP contribution in [-0.2, 0) is 4.74 Å². The molecule has 2 saturated heterocycles. The maximum Gasteiger partial charge on any atom is 0.0507 e. The van der Waals surface area contributed by atoms with E-state index >= 15 is 0 Å². The molecule has 2 rings (SSSR count). The predicted molar refractivity (Wildman–Crippen MR) is 57.1 cm³/mol. The summed E-state index contributed by atoms with van der Waals surface area (Å²) in [6.45, 7) is 7.66. The third-order valence-corrected chi connectivity index (χ3v) is 3.63. The summed E-state index contributed by atoms with van der Waals surface area (Å²) < 4.78 is 5.39. The highest BCUT2D eigenvalue weighted by atomic mass is 16.5. The number of rotatable bonds is 3. The van der Waals surface area contributed by atoms with Gasteiger partial charge in [0.2, 0.25) is 0 Å².